The highest BCUT2D eigenvalue weighted by Crippen LogP contribution is 2.28. The molecule has 1 aliphatic rings. The van der Waals surface area contributed by atoms with E-state index in [1.54, 1.807) is 11.3 Å². The molecule has 1 aliphatic heterocycles. The quantitative estimate of drug-likeness (QED) is 0.383. The number of anilines is 1. The van der Waals surface area contributed by atoms with Crippen molar-refractivity contribution in [2.45, 2.75) is 32.7 Å². The van der Waals surface area contributed by atoms with Crippen LogP contribution in [0.3, 0.4) is 0 Å². The summed E-state index contributed by atoms with van der Waals surface area (Å²) in [4.78, 5) is 8.53. The molecule has 6 heteroatoms. The normalized spacial score (nSPS) is 16.5. The van der Waals surface area contributed by atoms with E-state index in [1.807, 2.05) is 0 Å². The summed E-state index contributed by atoms with van der Waals surface area (Å²) >= 11 is 1.81. The third kappa shape index (κ3) is 5.69. The molecule has 25 heavy (non-hydrogen) atoms. The molecule has 0 bridgehead atoms. The molecule has 3 N–H and O–H groups in total. The number of rotatable bonds is 5. The zero-order valence-corrected chi connectivity index (χ0v) is 18.0. The molecule has 1 aromatic carbocycles. The second-order valence-electron chi connectivity index (χ2n) is 6.50. The van der Waals surface area contributed by atoms with Crippen molar-refractivity contribution in [2.24, 2.45) is 10.7 Å². The first kappa shape index (κ1) is 20.2. The SMILES string of the molecule is Cc1cc(C)cc(NC(N)=NCC(c2cccs2)N2CCCC2)c1.I. The van der Waals surface area contributed by atoms with Crippen molar-refractivity contribution in [2.75, 3.05) is 25.0 Å². The van der Waals surface area contributed by atoms with Crippen molar-refractivity contribution in [3.05, 3.63) is 51.7 Å². The molecule has 1 atom stereocenters. The zero-order chi connectivity index (χ0) is 16.9. The minimum absolute atomic E-state index is 0. The van der Waals surface area contributed by atoms with Gasteiger partial charge in [0.2, 0.25) is 0 Å². The number of aliphatic imine (C=N–C) groups is 1. The fraction of sp³-hybridized carbons (Fsp3) is 0.421. The Bertz CT molecular complexity index is 673. The molecule has 0 spiro atoms. The van der Waals surface area contributed by atoms with Gasteiger partial charge in [-0.2, -0.15) is 0 Å². The van der Waals surface area contributed by atoms with Gasteiger partial charge >= 0.3 is 0 Å². The summed E-state index contributed by atoms with van der Waals surface area (Å²) < 4.78 is 0. The van der Waals surface area contributed by atoms with Gasteiger partial charge in [-0.25, -0.2) is 0 Å². The van der Waals surface area contributed by atoms with Crippen molar-refractivity contribution < 1.29 is 0 Å². The van der Waals surface area contributed by atoms with Crippen molar-refractivity contribution in [3.8, 4) is 0 Å². The van der Waals surface area contributed by atoms with Crippen LogP contribution in [-0.2, 0) is 0 Å². The number of nitrogens with one attached hydrogen (secondary N) is 1. The number of thiophene rings is 1. The first-order chi connectivity index (χ1) is 11.6. The number of aryl methyl sites for hydroxylation is 2. The van der Waals surface area contributed by atoms with Gasteiger partial charge in [0.25, 0.3) is 0 Å². The van der Waals surface area contributed by atoms with Gasteiger partial charge < -0.3 is 11.1 Å². The number of guanidine groups is 1. The van der Waals surface area contributed by atoms with Crippen molar-refractivity contribution >= 4 is 47.0 Å². The van der Waals surface area contributed by atoms with Gasteiger partial charge in [-0.1, -0.05) is 12.1 Å². The average molecular weight is 470 g/mol. The number of benzene rings is 1. The maximum atomic E-state index is 6.13. The third-order valence-electron chi connectivity index (χ3n) is 4.38. The molecule has 3 rings (SSSR count). The van der Waals surface area contributed by atoms with E-state index in [0.29, 0.717) is 18.5 Å². The van der Waals surface area contributed by atoms with E-state index in [0.717, 1.165) is 18.8 Å². The Morgan fingerprint density at radius 1 is 1.24 bits per heavy atom. The van der Waals surface area contributed by atoms with Gasteiger partial charge in [0.15, 0.2) is 5.96 Å². The van der Waals surface area contributed by atoms with E-state index < -0.39 is 0 Å². The van der Waals surface area contributed by atoms with Crippen LogP contribution < -0.4 is 11.1 Å². The fourth-order valence-corrected chi connectivity index (χ4v) is 4.19. The molecule has 1 unspecified atom stereocenters. The number of nitrogens with zero attached hydrogens (tertiary/aromatic N) is 2. The van der Waals surface area contributed by atoms with Crippen LogP contribution in [-0.4, -0.2) is 30.5 Å². The molecule has 0 amide bonds. The van der Waals surface area contributed by atoms with E-state index in [2.05, 4.69) is 64.8 Å². The van der Waals surface area contributed by atoms with E-state index in [1.165, 1.54) is 28.8 Å². The summed E-state index contributed by atoms with van der Waals surface area (Å²) in [6.07, 6.45) is 2.56. The monoisotopic (exact) mass is 470 g/mol. The Morgan fingerprint density at radius 2 is 1.92 bits per heavy atom. The summed E-state index contributed by atoms with van der Waals surface area (Å²) in [6.45, 7) is 7.19. The maximum Gasteiger partial charge on any atom is 0.193 e. The summed E-state index contributed by atoms with van der Waals surface area (Å²) in [6, 6.07) is 11.0. The number of hydrogen-bond donors (Lipinski definition) is 2. The van der Waals surface area contributed by atoms with Crippen LogP contribution in [0.25, 0.3) is 0 Å². The Kier molecular flexibility index (Phi) is 7.71. The molecule has 0 saturated carbocycles. The highest BCUT2D eigenvalue weighted by Gasteiger charge is 2.23. The van der Waals surface area contributed by atoms with Crippen molar-refractivity contribution in [1.82, 2.24) is 4.90 Å². The lowest BCUT2D eigenvalue weighted by molar-refractivity contribution is 0.255. The predicted molar refractivity (Wildman–Crippen MR) is 119 cm³/mol. The van der Waals surface area contributed by atoms with Crippen molar-refractivity contribution in [3.63, 3.8) is 0 Å². The van der Waals surface area contributed by atoms with Crippen LogP contribution >= 0.6 is 35.3 Å². The number of hydrogen-bond acceptors (Lipinski definition) is 3. The average Bonchev–Trinajstić information content (AvgIpc) is 3.19. The minimum atomic E-state index is 0. The van der Waals surface area contributed by atoms with E-state index in [4.69, 9.17) is 5.73 Å². The predicted octanol–water partition coefficient (Wildman–Crippen LogP) is 4.55. The lowest BCUT2D eigenvalue weighted by Crippen LogP contribution is -2.29. The Labute approximate surface area is 171 Å². The molecule has 2 heterocycles. The van der Waals surface area contributed by atoms with E-state index in [-0.39, 0.29) is 24.0 Å². The topological polar surface area (TPSA) is 53.6 Å². The van der Waals surface area contributed by atoms with E-state index in [9.17, 15) is 0 Å². The first-order valence-electron chi connectivity index (χ1n) is 8.54. The van der Waals surface area contributed by atoms with Crippen LogP contribution in [0.1, 0.15) is 34.9 Å². The third-order valence-corrected chi connectivity index (χ3v) is 5.36. The maximum absolute atomic E-state index is 6.13. The molecular formula is C19H27IN4S. The van der Waals surface area contributed by atoms with Gasteiger partial charge in [-0.3, -0.25) is 9.89 Å². The lowest BCUT2D eigenvalue weighted by atomic mass is 10.1. The number of halogens is 1. The number of likely N-dealkylation sites (tertiary alicyclic amines) is 1. The molecule has 1 fully saturated rings. The largest absolute Gasteiger partial charge is 0.370 e. The second-order valence-corrected chi connectivity index (χ2v) is 7.48. The number of nitrogens with two attached hydrogens (primary N) is 1. The van der Waals surface area contributed by atoms with Gasteiger partial charge in [-0.05, 0) is 74.5 Å². The molecule has 1 saturated heterocycles. The highest BCUT2D eigenvalue weighted by atomic mass is 127. The molecule has 136 valence electrons. The standard InChI is InChI=1S/C19H26N4S.HI/c1-14-10-15(2)12-16(11-14)22-19(20)21-13-17(18-6-5-9-24-18)23-7-3-4-8-23;/h5-6,9-12,17H,3-4,7-8,13H2,1-2H3,(H3,20,21,22);1H. The van der Waals surface area contributed by atoms with Gasteiger partial charge in [-0.15, -0.1) is 35.3 Å². The fourth-order valence-electron chi connectivity index (χ4n) is 3.34. The van der Waals surface area contributed by atoms with Crippen LogP contribution in [0, 0.1) is 13.8 Å². The molecule has 2 aromatic rings. The van der Waals surface area contributed by atoms with Gasteiger partial charge in [0, 0.05) is 10.6 Å². The lowest BCUT2D eigenvalue weighted by Gasteiger charge is -2.25. The smallest absolute Gasteiger partial charge is 0.193 e. The molecule has 0 radical (unpaired) electrons. The molecule has 0 aliphatic carbocycles. The van der Waals surface area contributed by atoms with Crippen LogP contribution in [0.5, 0.6) is 0 Å². The summed E-state index contributed by atoms with van der Waals surface area (Å²) in [5, 5.41) is 5.37. The first-order valence-corrected chi connectivity index (χ1v) is 9.42. The molecule has 4 nitrogen and oxygen atoms in total. The Morgan fingerprint density at radius 3 is 2.52 bits per heavy atom. The highest BCUT2D eigenvalue weighted by molar-refractivity contribution is 14.0. The van der Waals surface area contributed by atoms with Gasteiger partial charge in [0.1, 0.15) is 0 Å². The second kappa shape index (κ2) is 9.54. The zero-order valence-electron chi connectivity index (χ0n) is 14.9. The summed E-state index contributed by atoms with van der Waals surface area (Å²) in [7, 11) is 0. The molecular weight excluding hydrogens is 443 g/mol. The minimum Gasteiger partial charge on any atom is -0.370 e. The molecule has 1 aromatic heterocycles. The summed E-state index contributed by atoms with van der Waals surface area (Å²) in [5.74, 6) is 0.487. The van der Waals surface area contributed by atoms with Crippen LogP contribution in [0.2, 0.25) is 0 Å². The van der Waals surface area contributed by atoms with Crippen LogP contribution in [0.15, 0.2) is 40.7 Å². The van der Waals surface area contributed by atoms with Crippen LogP contribution in [0.4, 0.5) is 5.69 Å². The van der Waals surface area contributed by atoms with Gasteiger partial charge in [0.05, 0.1) is 12.6 Å². The van der Waals surface area contributed by atoms with Crippen molar-refractivity contribution in [1.29, 1.82) is 0 Å². The Balaban J connectivity index is 0.00000225. The Hall–Kier alpha value is -1.12. The summed E-state index contributed by atoms with van der Waals surface area (Å²) in [5.41, 5.74) is 9.57. The van der Waals surface area contributed by atoms with E-state index >= 15 is 0 Å².